The summed E-state index contributed by atoms with van der Waals surface area (Å²) >= 11 is 0. The fourth-order valence-electron chi connectivity index (χ4n) is 4.11. The molecular weight excluding hydrogens is 545 g/mol. The van der Waals surface area contributed by atoms with Crippen LogP contribution in [0.2, 0.25) is 0 Å². The van der Waals surface area contributed by atoms with Gasteiger partial charge in [-0.1, -0.05) is 25.1 Å². The highest BCUT2D eigenvalue weighted by molar-refractivity contribution is 7.92. The van der Waals surface area contributed by atoms with Gasteiger partial charge in [-0.25, -0.2) is 21.2 Å². The Kier molecular flexibility index (Phi) is 8.36. The van der Waals surface area contributed by atoms with Crippen LogP contribution in [-0.4, -0.2) is 46.3 Å². The summed E-state index contributed by atoms with van der Waals surface area (Å²) in [5, 5.41) is 2.95. The Morgan fingerprint density at radius 1 is 0.974 bits per heavy atom. The number of carbonyl (C=O) groups is 1. The lowest BCUT2D eigenvalue weighted by atomic mass is 10.0. The molecule has 2 heterocycles. The van der Waals surface area contributed by atoms with Crippen LogP contribution in [0.15, 0.2) is 70.0 Å². The van der Waals surface area contributed by atoms with Crippen molar-refractivity contribution in [3.63, 3.8) is 0 Å². The molecule has 1 amide bonds. The lowest BCUT2D eigenvalue weighted by Crippen LogP contribution is -2.20. The standard InChI is InChI=1S/C27H28FN3O6S2/c1-3-18-17-22-23(26(32)29-2)24(19-11-13-20(28)14-12-19)37-27(22)30-25(18)31-39(35,36)16-8-7-15-38(33,34)21-9-5-4-6-10-21/h4-6,9-14,17H,3,7-8,15-16H2,1-2H3,(H,29,32)(H,30,31). The summed E-state index contributed by atoms with van der Waals surface area (Å²) in [5.74, 6) is -1.11. The zero-order valence-corrected chi connectivity index (χ0v) is 23.0. The average Bonchev–Trinajstić information content (AvgIpc) is 3.29. The van der Waals surface area contributed by atoms with E-state index in [1.807, 2.05) is 6.92 Å². The van der Waals surface area contributed by atoms with Crippen LogP contribution in [0.3, 0.4) is 0 Å². The summed E-state index contributed by atoms with van der Waals surface area (Å²) in [5.41, 5.74) is 1.24. The largest absolute Gasteiger partial charge is 0.437 e. The van der Waals surface area contributed by atoms with Crippen LogP contribution in [0.4, 0.5) is 10.2 Å². The average molecular weight is 574 g/mol. The number of aromatic nitrogens is 1. The Labute approximate surface area is 226 Å². The topological polar surface area (TPSA) is 135 Å². The van der Waals surface area contributed by atoms with Gasteiger partial charge in [-0.2, -0.15) is 4.98 Å². The van der Waals surface area contributed by atoms with Gasteiger partial charge in [-0.05, 0) is 67.3 Å². The number of aryl methyl sites for hydroxylation is 1. The number of anilines is 1. The van der Waals surface area contributed by atoms with Crippen molar-refractivity contribution in [3.05, 3.63) is 77.6 Å². The number of hydrogen-bond acceptors (Lipinski definition) is 7. The third-order valence-corrected chi connectivity index (χ3v) is 9.28. The second-order valence-corrected chi connectivity index (χ2v) is 12.8. The van der Waals surface area contributed by atoms with Gasteiger partial charge in [-0.3, -0.25) is 9.52 Å². The van der Waals surface area contributed by atoms with Gasteiger partial charge in [0.2, 0.25) is 15.7 Å². The highest BCUT2D eigenvalue weighted by Crippen LogP contribution is 2.35. The molecular formula is C27H28FN3O6S2. The Hall–Kier alpha value is -3.77. The maximum Gasteiger partial charge on any atom is 0.255 e. The molecule has 0 spiro atoms. The first kappa shape index (κ1) is 28.2. The number of unbranched alkanes of at least 4 members (excludes halogenated alkanes) is 1. The predicted octanol–water partition coefficient (Wildman–Crippen LogP) is 4.55. The summed E-state index contributed by atoms with van der Waals surface area (Å²) in [6.07, 6.45) is 0.696. The molecule has 0 aliphatic carbocycles. The third-order valence-electron chi connectivity index (χ3n) is 6.13. The van der Waals surface area contributed by atoms with E-state index >= 15 is 0 Å². The smallest absolute Gasteiger partial charge is 0.255 e. The fraction of sp³-hybridized carbons (Fsp3) is 0.259. The molecule has 0 saturated heterocycles. The van der Waals surface area contributed by atoms with E-state index in [2.05, 4.69) is 15.0 Å². The molecule has 2 aromatic heterocycles. The molecule has 2 aromatic carbocycles. The monoisotopic (exact) mass is 573 g/mol. The van der Waals surface area contributed by atoms with Gasteiger partial charge in [0.15, 0.2) is 9.84 Å². The first-order chi connectivity index (χ1) is 18.5. The van der Waals surface area contributed by atoms with E-state index in [0.29, 0.717) is 22.9 Å². The quantitative estimate of drug-likeness (QED) is 0.251. The van der Waals surface area contributed by atoms with E-state index in [1.165, 1.54) is 43.4 Å². The van der Waals surface area contributed by atoms with E-state index in [9.17, 15) is 26.0 Å². The maximum atomic E-state index is 13.5. The van der Waals surface area contributed by atoms with Crippen LogP contribution in [0.1, 0.15) is 35.7 Å². The van der Waals surface area contributed by atoms with Crippen LogP contribution in [0, 0.1) is 5.82 Å². The number of pyridine rings is 1. The molecule has 0 fully saturated rings. The lowest BCUT2D eigenvalue weighted by Gasteiger charge is -2.11. The van der Waals surface area contributed by atoms with E-state index < -0.39 is 31.6 Å². The normalized spacial score (nSPS) is 12.0. The summed E-state index contributed by atoms with van der Waals surface area (Å²) in [4.78, 5) is 17.3. The van der Waals surface area contributed by atoms with Gasteiger partial charge in [0.1, 0.15) is 17.4 Å². The molecule has 4 rings (SSSR count). The summed E-state index contributed by atoms with van der Waals surface area (Å²) in [6.45, 7) is 1.82. The SMILES string of the molecule is CCc1cc2c(C(=O)NC)c(-c3ccc(F)cc3)oc2nc1NS(=O)(=O)CCCCS(=O)(=O)c1ccccc1. The molecule has 39 heavy (non-hydrogen) atoms. The van der Waals surface area contributed by atoms with Crippen molar-refractivity contribution in [2.45, 2.75) is 31.1 Å². The number of benzene rings is 2. The number of hydrogen-bond donors (Lipinski definition) is 2. The van der Waals surface area contributed by atoms with E-state index in [1.54, 1.807) is 24.3 Å². The number of carbonyl (C=O) groups excluding carboxylic acids is 1. The third kappa shape index (κ3) is 6.45. The maximum absolute atomic E-state index is 13.5. The number of nitrogens with zero attached hydrogens (tertiary/aromatic N) is 1. The van der Waals surface area contributed by atoms with Crippen LogP contribution in [0.25, 0.3) is 22.4 Å². The first-order valence-corrected chi connectivity index (χ1v) is 15.6. The van der Waals surface area contributed by atoms with Gasteiger partial charge in [0, 0.05) is 12.6 Å². The highest BCUT2D eigenvalue weighted by atomic mass is 32.2. The number of sulfonamides is 1. The molecule has 0 unspecified atom stereocenters. The lowest BCUT2D eigenvalue weighted by molar-refractivity contribution is 0.0964. The Bertz CT molecular complexity index is 1700. The van der Waals surface area contributed by atoms with E-state index in [0.717, 1.165) is 0 Å². The molecule has 0 saturated carbocycles. The number of furan rings is 1. The minimum absolute atomic E-state index is 0.0387. The molecule has 9 nitrogen and oxygen atoms in total. The van der Waals surface area contributed by atoms with Crippen molar-refractivity contribution in [2.75, 3.05) is 23.3 Å². The number of nitrogens with one attached hydrogen (secondary N) is 2. The number of amides is 1. The second-order valence-electron chi connectivity index (χ2n) is 8.85. The number of rotatable bonds is 11. The summed E-state index contributed by atoms with van der Waals surface area (Å²) in [7, 11) is -5.90. The Morgan fingerprint density at radius 2 is 1.64 bits per heavy atom. The van der Waals surface area contributed by atoms with Crippen LogP contribution < -0.4 is 10.0 Å². The Morgan fingerprint density at radius 3 is 2.28 bits per heavy atom. The molecule has 0 aliphatic rings. The zero-order chi connectivity index (χ0) is 28.2. The van der Waals surface area contributed by atoms with Crippen molar-refractivity contribution >= 4 is 42.7 Å². The van der Waals surface area contributed by atoms with Crippen molar-refractivity contribution in [2.24, 2.45) is 0 Å². The van der Waals surface area contributed by atoms with Gasteiger partial charge in [0.25, 0.3) is 5.91 Å². The van der Waals surface area contributed by atoms with Crippen molar-refractivity contribution in [1.29, 1.82) is 0 Å². The second kappa shape index (κ2) is 11.5. The van der Waals surface area contributed by atoms with Gasteiger partial charge in [-0.15, -0.1) is 0 Å². The molecule has 206 valence electrons. The van der Waals surface area contributed by atoms with Gasteiger partial charge < -0.3 is 9.73 Å². The molecule has 0 radical (unpaired) electrons. The zero-order valence-electron chi connectivity index (χ0n) is 21.4. The van der Waals surface area contributed by atoms with Crippen molar-refractivity contribution in [1.82, 2.24) is 10.3 Å². The van der Waals surface area contributed by atoms with Crippen LogP contribution in [0.5, 0.6) is 0 Å². The van der Waals surface area contributed by atoms with E-state index in [-0.39, 0.29) is 52.1 Å². The van der Waals surface area contributed by atoms with Crippen LogP contribution >= 0.6 is 0 Å². The first-order valence-electron chi connectivity index (χ1n) is 12.3. The highest BCUT2D eigenvalue weighted by Gasteiger charge is 2.25. The number of fused-ring (bicyclic) bond motifs is 1. The molecule has 4 aromatic rings. The number of sulfone groups is 1. The minimum atomic E-state index is -3.87. The minimum Gasteiger partial charge on any atom is -0.437 e. The molecule has 0 bridgehead atoms. The number of halogens is 1. The molecule has 12 heteroatoms. The Balaban J connectivity index is 1.56. The molecule has 2 N–H and O–H groups in total. The van der Waals surface area contributed by atoms with Gasteiger partial charge >= 0.3 is 0 Å². The fourth-order valence-corrected chi connectivity index (χ4v) is 6.66. The molecule has 0 aliphatic heterocycles. The molecule has 0 atom stereocenters. The van der Waals surface area contributed by atoms with E-state index in [4.69, 9.17) is 4.42 Å². The van der Waals surface area contributed by atoms with Crippen LogP contribution in [-0.2, 0) is 26.3 Å². The van der Waals surface area contributed by atoms with Gasteiger partial charge in [0.05, 0.1) is 27.4 Å². The van der Waals surface area contributed by atoms with Crippen molar-refractivity contribution < 1.29 is 30.4 Å². The summed E-state index contributed by atoms with van der Waals surface area (Å²) < 4.78 is 72.4. The van der Waals surface area contributed by atoms with Crippen molar-refractivity contribution in [3.8, 4) is 11.3 Å². The summed E-state index contributed by atoms with van der Waals surface area (Å²) in [6, 6.07) is 15.1. The predicted molar refractivity (Wildman–Crippen MR) is 147 cm³/mol.